The molecule has 11 atom stereocenters. The maximum Gasteiger partial charge on any atom is 0.305 e. The second-order valence-corrected chi connectivity index (χ2v) is 26.8. The molecule has 3 aliphatic heterocycles. The number of aliphatic carboxylic acids is 1. The number of carbonyl (C=O) groups excluding carboxylic acids is 11. The Labute approximate surface area is 573 Å². The molecule has 536 valence electrons. The van der Waals surface area contributed by atoms with Gasteiger partial charge in [-0.1, -0.05) is 37.2 Å². The zero-order chi connectivity index (χ0) is 71.3. The van der Waals surface area contributed by atoms with Crippen LogP contribution >= 0.6 is 23.5 Å². The Hall–Kier alpha value is -8.23. The smallest absolute Gasteiger partial charge is 0.305 e. The van der Waals surface area contributed by atoms with Crippen molar-refractivity contribution in [2.24, 2.45) is 22.5 Å². The lowest BCUT2D eigenvalue weighted by molar-refractivity contribution is -0.145. The lowest BCUT2D eigenvalue weighted by atomic mass is 10.0. The van der Waals surface area contributed by atoms with Crippen molar-refractivity contribution in [2.45, 2.75) is 203 Å². The number of aromatic hydroxyl groups is 1. The number of fused-ring (bicyclic) bond motifs is 4. The van der Waals surface area contributed by atoms with E-state index in [0.29, 0.717) is 61.7 Å². The van der Waals surface area contributed by atoms with E-state index >= 15 is 0 Å². The van der Waals surface area contributed by atoms with Gasteiger partial charge < -0.3 is 88.7 Å². The minimum absolute atomic E-state index is 0.0399. The first kappa shape index (κ1) is 79.5. The molecule has 0 saturated carbocycles. The van der Waals surface area contributed by atoms with Gasteiger partial charge >= 0.3 is 5.97 Å². The second-order valence-electron chi connectivity index (χ2n) is 24.9. The highest BCUT2D eigenvalue weighted by molar-refractivity contribution is 7.98. The van der Waals surface area contributed by atoms with Crippen LogP contribution in [0.5, 0.6) is 11.5 Å². The molecule has 11 amide bonds. The first-order chi connectivity index (χ1) is 46.2. The Morgan fingerprint density at radius 1 is 0.680 bits per heavy atom. The van der Waals surface area contributed by atoms with Gasteiger partial charge in [-0.2, -0.15) is 23.5 Å². The number of carboxylic acids is 1. The Balaban J connectivity index is 1.40. The molecule has 5 rings (SSSR count). The van der Waals surface area contributed by atoms with E-state index in [1.807, 2.05) is 24.5 Å². The number of amides is 11. The highest BCUT2D eigenvalue weighted by atomic mass is 32.2. The molecule has 2 bridgehead atoms. The lowest BCUT2D eigenvalue weighted by Crippen LogP contribution is -2.62. The monoisotopic (exact) mass is 1400 g/mol. The number of nitrogens with zero attached hydrogens (tertiary/aromatic N) is 3. The molecule has 0 spiro atoms. The molecule has 3 aliphatic rings. The summed E-state index contributed by atoms with van der Waals surface area (Å²) in [5.74, 6) is -9.44. The summed E-state index contributed by atoms with van der Waals surface area (Å²) in [5.41, 5.74) is 13.9. The van der Waals surface area contributed by atoms with Gasteiger partial charge in [0.2, 0.25) is 59.1 Å². The van der Waals surface area contributed by atoms with Gasteiger partial charge in [0, 0.05) is 36.8 Å². The number of hydrogen-bond acceptors (Lipinski definition) is 20. The first-order valence-corrected chi connectivity index (χ1v) is 35.4. The van der Waals surface area contributed by atoms with Crippen molar-refractivity contribution < 1.29 is 82.4 Å². The third-order valence-electron chi connectivity index (χ3n) is 16.3. The normalized spacial score (nSPS) is 25.7. The van der Waals surface area contributed by atoms with E-state index in [1.165, 1.54) is 54.8 Å². The average Bonchev–Trinajstić information content (AvgIpc) is 1.76. The van der Waals surface area contributed by atoms with E-state index in [4.69, 9.17) is 21.0 Å². The average molecular weight is 1400 g/mol. The Bertz CT molecular complexity index is 3070. The molecule has 97 heavy (non-hydrogen) atoms. The van der Waals surface area contributed by atoms with Gasteiger partial charge in [0.15, 0.2) is 0 Å². The number of thioether (sulfide) groups is 2. The molecule has 0 radical (unpaired) electrons. The molecule has 2 saturated heterocycles. The van der Waals surface area contributed by atoms with Gasteiger partial charge in [0.1, 0.15) is 84.7 Å². The SMILES string of the molecule is CSCc1cc2cc(c1)OCCCCCCON=CC(=O)N[C@@H](CCCCN)C(=O)N[C@@H](C)C(=O)N1CCC[C@H]1C(=O)N[C@@H](CC(C)C)C(=O)N[C@@H](CC(=O)O)C(=O)N[C@@H]([C@@H](C)O)C(=O)N1CCC[C@H]1C(=O)N[C@@H](Cc1ccc(O)cc1)C(=O)N[C@@H](C)C(=O)N[C@H](C(N)=O)CSC2. The van der Waals surface area contributed by atoms with E-state index in [1.54, 1.807) is 25.6 Å². The molecule has 0 aromatic heterocycles. The summed E-state index contributed by atoms with van der Waals surface area (Å²) < 4.78 is 6.17. The van der Waals surface area contributed by atoms with Crippen molar-refractivity contribution in [1.82, 2.24) is 52.3 Å². The van der Waals surface area contributed by atoms with Crippen LogP contribution in [0, 0.1) is 5.92 Å². The van der Waals surface area contributed by atoms with Gasteiger partial charge in [0.05, 0.1) is 19.1 Å². The van der Waals surface area contributed by atoms with Gasteiger partial charge in [-0.05, 0) is 157 Å². The van der Waals surface area contributed by atoms with Gasteiger partial charge in [0.25, 0.3) is 5.91 Å². The number of unbranched alkanes of at least 4 members (excludes halogenated alkanes) is 1. The molecular formula is C65H97N13O17S2. The zero-order valence-electron chi connectivity index (χ0n) is 56.0. The molecule has 3 heterocycles. The fourth-order valence-electron chi connectivity index (χ4n) is 11.3. The van der Waals surface area contributed by atoms with E-state index in [2.05, 4.69) is 47.7 Å². The van der Waals surface area contributed by atoms with Gasteiger partial charge in [-0.3, -0.25) is 57.5 Å². The van der Waals surface area contributed by atoms with E-state index < -0.39 is 144 Å². The largest absolute Gasteiger partial charge is 0.508 e. The number of hydrogen-bond donors (Lipinski definition) is 13. The zero-order valence-corrected chi connectivity index (χ0v) is 57.6. The second kappa shape index (κ2) is 40.5. The van der Waals surface area contributed by atoms with Crippen molar-refractivity contribution in [3.8, 4) is 11.5 Å². The topological polar surface area (TPSA) is 451 Å². The number of nitrogens with one attached hydrogen (secondary N) is 8. The van der Waals surface area contributed by atoms with Crippen LogP contribution in [0.3, 0.4) is 0 Å². The van der Waals surface area contributed by atoms with Crippen LogP contribution in [0.15, 0.2) is 47.6 Å². The van der Waals surface area contributed by atoms with E-state index in [9.17, 15) is 72.9 Å². The van der Waals surface area contributed by atoms with Gasteiger partial charge in [-0.15, -0.1) is 0 Å². The number of aliphatic hydroxyl groups excluding tert-OH is 1. The summed E-state index contributed by atoms with van der Waals surface area (Å²) in [4.78, 5) is 173. The quantitative estimate of drug-likeness (QED) is 0.112. The Morgan fingerprint density at radius 2 is 1.28 bits per heavy atom. The maximum atomic E-state index is 14.5. The van der Waals surface area contributed by atoms with Crippen molar-refractivity contribution in [2.75, 3.05) is 44.9 Å². The number of primary amides is 1. The summed E-state index contributed by atoms with van der Waals surface area (Å²) in [6, 6.07) is -2.19. The fraction of sp³-hybridized carbons (Fsp3) is 0.615. The Morgan fingerprint density at radius 3 is 1.90 bits per heavy atom. The van der Waals surface area contributed by atoms with Crippen LogP contribution in [0.4, 0.5) is 0 Å². The maximum absolute atomic E-state index is 14.5. The van der Waals surface area contributed by atoms with Crippen LogP contribution in [0.1, 0.15) is 135 Å². The summed E-state index contributed by atoms with van der Waals surface area (Å²) in [5, 5.41) is 55.4. The first-order valence-electron chi connectivity index (χ1n) is 32.9. The molecule has 0 unspecified atom stereocenters. The minimum Gasteiger partial charge on any atom is -0.508 e. The highest BCUT2D eigenvalue weighted by Gasteiger charge is 2.43. The predicted molar refractivity (Wildman–Crippen MR) is 362 cm³/mol. The molecule has 2 aromatic rings. The number of phenols is 1. The third kappa shape index (κ3) is 26.3. The standard InChI is InChI=1S/C65H97N13O17S2/c1-37(2)27-47-60(88)72-49(32-54(82)83)61(89)76-55(40(5)79)65(93)78-24-14-17-52(78)63(91)74-48(31-41-18-20-44(80)21-19-41)59(87)69-38(3)57(85)75-50(56(67)84)36-97-35-43-28-42(34-96-6)29-45(30-43)94-25-11-7-8-12-26-95-68-33-53(81)71-46(15-9-10-22-66)58(86)70-39(4)64(92)77-23-13-16-51(77)62(90)73-47/h18-21,28-30,33,37-40,46-52,55,79-80H,7-17,22-27,31-32,34-36,66H2,1-6H3,(H2,67,84)(H,69,87)(H,70,86)(H,71,81)(H,72,88)(H,73,90)(H,74,91)(H,75,85)(H,76,89)(H,82,83)/t38-,39-,40+,46-,47-,48-,49-,50-,51-,52-,55-/m0/s1. The van der Waals surface area contributed by atoms with Crippen LogP contribution < -0.4 is 58.7 Å². The number of benzene rings is 2. The molecule has 15 N–H and O–H groups in total. The third-order valence-corrected chi connectivity index (χ3v) is 18.1. The number of carboxylic acid groups (broad SMARTS) is 1. The number of nitrogens with two attached hydrogens (primary N) is 2. The molecule has 2 aromatic carbocycles. The van der Waals surface area contributed by atoms with Crippen molar-refractivity contribution in [3.05, 3.63) is 59.2 Å². The van der Waals surface area contributed by atoms with Crippen molar-refractivity contribution >= 4 is 101 Å². The van der Waals surface area contributed by atoms with Gasteiger partial charge in [-0.25, -0.2) is 0 Å². The number of ether oxygens (including phenoxy) is 1. The Kier molecular flexibility index (Phi) is 33.2. The number of aliphatic hydroxyl groups is 1. The van der Waals surface area contributed by atoms with E-state index in [-0.39, 0.29) is 75.6 Å². The van der Waals surface area contributed by atoms with Crippen molar-refractivity contribution in [3.63, 3.8) is 0 Å². The summed E-state index contributed by atoms with van der Waals surface area (Å²) in [6.07, 6.45) is 4.76. The molecule has 0 aliphatic carbocycles. The van der Waals surface area contributed by atoms with Crippen LogP contribution in [0.2, 0.25) is 0 Å². The summed E-state index contributed by atoms with van der Waals surface area (Å²) in [7, 11) is 0. The predicted octanol–water partition coefficient (Wildman–Crippen LogP) is 0.102. The van der Waals surface area contributed by atoms with E-state index in [0.717, 1.165) is 48.4 Å². The number of rotatable bonds is 14. The molecular weight excluding hydrogens is 1300 g/mol. The van der Waals surface area contributed by atoms with Crippen LogP contribution in [-0.4, -0.2) is 214 Å². The fourth-order valence-corrected chi connectivity index (χ4v) is 12.8. The van der Waals surface area contributed by atoms with Crippen molar-refractivity contribution in [1.29, 1.82) is 0 Å². The number of carbonyl (C=O) groups is 12. The minimum atomic E-state index is -1.91. The summed E-state index contributed by atoms with van der Waals surface area (Å²) in [6.45, 7) is 8.39. The summed E-state index contributed by atoms with van der Waals surface area (Å²) >= 11 is 2.96. The number of oxime groups is 1. The van der Waals surface area contributed by atoms with Crippen LogP contribution in [-0.2, 0) is 80.3 Å². The highest BCUT2D eigenvalue weighted by Crippen LogP contribution is 2.26. The van der Waals surface area contributed by atoms with Crippen LogP contribution in [0.25, 0.3) is 0 Å². The molecule has 2 fully saturated rings. The molecule has 30 nitrogen and oxygen atoms in total. The number of phenolic OH excluding ortho intramolecular Hbond substituents is 1. The lowest BCUT2D eigenvalue weighted by Gasteiger charge is -2.32. The molecule has 32 heteroatoms.